The van der Waals surface area contributed by atoms with Crippen molar-refractivity contribution in [1.82, 2.24) is 0 Å². The summed E-state index contributed by atoms with van der Waals surface area (Å²) in [5, 5.41) is 0. The van der Waals surface area contributed by atoms with E-state index in [1.165, 1.54) is 0 Å². The minimum atomic E-state index is 0.171. The Kier molecular flexibility index (Phi) is 6.46. The van der Waals surface area contributed by atoms with Crippen molar-refractivity contribution in [2.45, 2.75) is 66.5 Å². The zero-order valence-corrected chi connectivity index (χ0v) is 11.3. The zero-order chi connectivity index (χ0) is 12.1. The molecule has 0 bridgehead atoms. The fourth-order valence-corrected chi connectivity index (χ4v) is 1.77. The summed E-state index contributed by atoms with van der Waals surface area (Å²) in [5.41, 5.74) is 6.55. The van der Waals surface area contributed by atoms with Crippen LogP contribution in [-0.2, 0) is 4.74 Å². The van der Waals surface area contributed by atoms with Crippen molar-refractivity contribution in [3.63, 3.8) is 0 Å². The van der Waals surface area contributed by atoms with E-state index in [-0.39, 0.29) is 12.1 Å². The van der Waals surface area contributed by atoms with Gasteiger partial charge in [-0.3, -0.25) is 0 Å². The summed E-state index contributed by atoms with van der Waals surface area (Å²) < 4.78 is 5.71. The second-order valence-electron chi connectivity index (χ2n) is 5.93. The lowest BCUT2D eigenvalue weighted by atomic mass is 9.86. The van der Waals surface area contributed by atoms with Gasteiger partial charge in [0, 0.05) is 12.6 Å². The van der Waals surface area contributed by atoms with Gasteiger partial charge in [-0.1, -0.05) is 34.6 Å². The van der Waals surface area contributed by atoms with Crippen molar-refractivity contribution in [2.75, 3.05) is 6.61 Å². The van der Waals surface area contributed by atoms with E-state index >= 15 is 0 Å². The lowest BCUT2D eigenvalue weighted by Gasteiger charge is -2.29. The van der Waals surface area contributed by atoms with E-state index in [2.05, 4.69) is 34.6 Å². The van der Waals surface area contributed by atoms with Crippen molar-refractivity contribution < 1.29 is 4.74 Å². The van der Waals surface area contributed by atoms with Crippen LogP contribution in [0.1, 0.15) is 54.4 Å². The van der Waals surface area contributed by atoms with Crippen LogP contribution in [0.25, 0.3) is 0 Å². The third-order valence-electron chi connectivity index (χ3n) is 2.67. The molecule has 92 valence electrons. The van der Waals surface area contributed by atoms with E-state index in [0.29, 0.717) is 11.3 Å². The van der Waals surface area contributed by atoms with Gasteiger partial charge in [0.05, 0.1) is 6.10 Å². The molecule has 2 atom stereocenters. The van der Waals surface area contributed by atoms with Gasteiger partial charge in [0.15, 0.2) is 0 Å². The molecule has 0 saturated heterocycles. The Morgan fingerprint density at radius 2 is 1.73 bits per heavy atom. The van der Waals surface area contributed by atoms with Gasteiger partial charge in [-0.05, 0) is 31.1 Å². The molecule has 0 aromatic heterocycles. The summed E-state index contributed by atoms with van der Waals surface area (Å²) in [6.07, 6.45) is 2.41. The molecule has 2 unspecified atom stereocenters. The van der Waals surface area contributed by atoms with E-state index in [1.807, 2.05) is 6.92 Å². The largest absolute Gasteiger partial charge is 0.377 e. The first kappa shape index (κ1) is 14.9. The molecule has 0 amide bonds. The molecule has 0 heterocycles. The predicted octanol–water partition coefficient (Wildman–Crippen LogP) is 3.20. The van der Waals surface area contributed by atoms with Crippen molar-refractivity contribution >= 4 is 0 Å². The number of nitrogens with two attached hydrogens (primary N) is 1. The standard InChI is InChI=1S/C13H29NO/c1-7-15-12(10(2)3)11(14)8-9-13(4,5)6/h10-12H,7-9,14H2,1-6H3. The Labute approximate surface area is 95.6 Å². The maximum Gasteiger partial charge on any atom is 0.0748 e. The van der Waals surface area contributed by atoms with Crippen LogP contribution in [0.5, 0.6) is 0 Å². The first-order chi connectivity index (χ1) is 6.78. The average molecular weight is 215 g/mol. The van der Waals surface area contributed by atoms with Crippen molar-refractivity contribution in [2.24, 2.45) is 17.1 Å². The van der Waals surface area contributed by atoms with Crippen LogP contribution in [0.2, 0.25) is 0 Å². The smallest absolute Gasteiger partial charge is 0.0748 e. The second kappa shape index (κ2) is 6.49. The topological polar surface area (TPSA) is 35.2 Å². The Hall–Kier alpha value is -0.0800. The molecule has 0 spiro atoms. The van der Waals surface area contributed by atoms with Crippen molar-refractivity contribution in [1.29, 1.82) is 0 Å². The van der Waals surface area contributed by atoms with E-state index in [1.54, 1.807) is 0 Å². The van der Waals surface area contributed by atoms with Gasteiger partial charge in [-0.15, -0.1) is 0 Å². The number of ether oxygens (including phenoxy) is 1. The molecule has 0 radical (unpaired) electrons. The van der Waals surface area contributed by atoms with E-state index in [4.69, 9.17) is 10.5 Å². The fourth-order valence-electron chi connectivity index (χ4n) is 1.77. The van der Waals surface area contributed by atoms with Gasteiger partial charge in [0.1, 0.15) is 0 Å². The summed E-state index contributed by atoms with van der Waals surface area (Å²) >= 11 is 0. The third kappa shape index (κ3) is 6.91. The van der Waals surface area contributed by atoms with Crippen LogP contribution in [0.4, 0.5) is 0 Å². The molecule has 0 aliphatic rings. The van der Waals surface area contributed by atoms with Gasteiger partial charge in [-0.25, -0.2) is 0 Å². The second-order valence-corrected chi connectivity index (χ2v) is 5.93. The predicted molar refractivity (Wildman–Crippen MR) is 66.9 cm³/mol. The van der Waals surface area contributed by atoms with E-state index < -0.39 is 0 Å². The summed E-state index contributed by atoms with van der Waals surface area (Å²) in [4.78, 5) is 0. The van der Waals surface area contributed by atoms with Crippen LogP contribution in [-0.4, -0.2) is 18.8 Å². The van der Waals surface area contributed by atoms with Crippen molar-refractivity contribution in [3.8, 4) is 0 Å². The van der Waals surface area contributed by atoms with Crippen LogP contribution < -0.4 is 5.73 Å². The maximum absolute atomic E-state index is 6.19. The Morgan fingerprint density at radius 1 is 1.20 bits per heavy atom. The number of hydrogen-bond acceptors (Lipinski definition) is 2. The van der Waals surface area contributed by atoms with Crippen LogP contribution in [0, 0.1) is 11.3 Å². The van der Waals surface area contributed by atoms with E-state index in [9.17, 15) is 0 Å². The Bertz CT molecular complexity index is 160. The normalized spacial score (nSPS) is 16.8. The molecule has 0 aliphatic carbocycles. The van der Waals surface area contributed by atoms with Crippen molar-refractivity contribution in [3.05, 3.63) is 0 Å². The third-order valence-corrected chi connectivity index (χ3v) is 2.67. The minimum Gasteiger partial charge on any atom is -0.377 e. The molecule has 2 nitrogen and oxygen atoms in total. The SMILES string of the molecule is CCOC(C(C)C)C(N)CCC(C)(C)C. The molecular weight excluding hydrogens is 186 g/mol. The van der Waals surface area contributed by atoms with Gasteiger partial charge >= 0.3 is 0 Å². The maximum atomic E-state index is 6.19. The lowest BCUT2D eigenvalue weighted by molar-refractivity contribution is 0.00873. The number of rotatable bonds is 6. The monoisotopic (exact) mass is 215 g/mol. The van der Waals surface area contributed by atoms with Gasteiger partial charge in [0.25, 0.3) is 0 Å². The molecule has 15 heavy (non-hydrogen) atoms. The average Bonchev–Trinajstić information content (AvgIpc) is 2.08. The molecule has 2 N–H and O–H groups in total. The van der Waals surface area contributed by atoms with Crippen LogP contribution in [0.15, 0.2) is 0 Å². The van der Waals surface area contributed by atoms with E-state index in [0.717, 1.165) is 19.4 Å². The molecule has 0 fully saturated rings. The highest BCUT2D eigenvalue weighted by Crippen LogP contribution is 2.23. The quantitative estimate of drug-likeness (QED) is 0.738. The molecule has 0 aromatic carbocycles. The molecule has 0 saturated carbocycles. The van der Waals surface area contributed by atoms with Crippen LogP contribution >= 0.6 is 0 Å². The zero-order valence-electron chi connectivity index (χ0n) is 11.3. The fraction of sp³-hybridized carbons (Fsp3) is 1.00. The first-order valence-corrected chi connectivity index (χ1v) is 6.15. The highest BCUT2D eigenvalue weighted by molar-refractivity contribution is 4.78. The Balaban J connectivity index is 4.08. The van der Waals surface area contributed by atoms with Crippen LogP contribution in [0.3, 0.4) is 0 Å². The molecule has 0 aromatic rings. The lowest BCUT2D eigenvalue weighted by Crippen LogP contribution is -2.41. The molecule has 0 aliphatic heterocycles. The highest BCUT2D eigenvalue weighted by atomic mass is 16.5. The molecule has 0 rings (SSSR count). The summed E-state index contributed by atoms with van der Waals surface area (Å²) in [7, 11) is 0. The summed E-state index contributed by atoms with van der Waals surface area (Å²) in [6, 6.07) is 0.171. The molecular formula is C13H29NO. The number of hydrogen-bond donors (Lipinski definition) is 1. The van der Waals surface area contributed by atoms with Gasteiger partial charge < -0.3 is 10.5 Å². The van der Waals surface area contributed by atoms with Gasteiger partial charge in [-0.2, -0.15) is 0 Å². The Morgan fingerprint density at radius 3 is 2.07 bits per heavy atom. The molecule has 2 heteroatoms. The summed E-state index contributed by atoms with van der Waals surface area (Å²) in [5.74, 6) is 0.500. The first-order valence-electron chi connectivity index (χ1n) is 6.15. The summed E-state index contributed by atoms with van der Waals surface area (Å²) in [6.45, 7) is 13.9. The minimum absolute atomic E-state index is 0.171. The highest BCUT2D eigenvalue weighted by Gasteiger charge is 2.23. The van der Waals surface area contributed by atoms with Gasteiger partial charge in [0.2, 0.25) is 0 Å².